The van der Waals surface area contributed by atoms with Gasteiger partial charge in [-0.3, -0.25) is 14.4 Å². The van der Waals surface area contributed by atoms with Gasteiger partial charge in [-0.1, -0.05) is 12.1 Å². The fraction of sp³-hybridized carbons (Fsp3) is 0.550. The first-order chi connectivity index (χ1) is 13.5. The summed E-state index contributed by atoms with van der Waals surface area (Å²) in [6.45, 7) is 2.66. The molecule has 3 fully saturated rings. The number of benzene rings is 1. The van der Waals surface area contributed by atoms with E-state index >= 15 is 0 Å². The highest BCUT2D eigenvalue weighted by Gasteiger charge is 2.39. The van der Waals surface area contributed by atoms with Crippen LogP contribution < -0.4 is 4.90 Å². The maximum absolute atomic E-state index is 14.0. The SMILES string of the molecule is O=C(C1CC(=O)N(c2ccccc2F)C1)N1CCN(C(=O)C2CCCO2)CC1. The summed E-state index contributed by atoms with van der Waals surface area (Å²) in [6, 6.07) is 6.10. The van der Waals surface area contributed by atoms with Gasteiger partial charge in [-0.05, 0) is 25.0 Å². The van der Waals surface area contributed by atoms with Gasteiger partial charge in [0.05, 0.1) is 11.6 Å². The number of carbonyl (C=O) groups is 3. The molecule has 28 heavy (non-hydrogen) atoms. The molecule has 0 saturated carbocycles. The van der Waals surface area contributed by atoms with Crippen molar-refractivity contribution in [1.82, 2.24) is 9.80 Å². The summed E-state index contributed by atoms with van der Waals surface area (Å²) in [5.41, 5.74) is 0.217. The molecule has 3 aliphatic heterocycles. The van der Waals surface area contributed by atoms with Crippen LogP contribution in [-0.4, -0.2) is 73.0 Å². The molecule has 1 aromatic carbocycles. The number of hydrogen-bond acceptors (Lipinski definition) is 4. The number of ether oxygens (including phenoxy) is 1. The predicted octanol–water partition coefficient (Wildman–Crippen LogP) is 1.03. The van der Waals surface area contributed by atoms with Gasteiger partial charge in [0.1, 0.15) is 11.9 Å². The molecule has 3 heterocycles. The molecule has 3 amide bonds. The number of para-hydroxylation sites is 1. The first kappa shape index (κ1) is 18.9. The van der Waals surface area contributed by atoms with Crippen molar-refractivity contribution in [2.75, 3.05) is 44.2 Å². The summed E-state index contributed by atoms with van der Waals surface area (Å²) >= 11 is 0. The van der Waals surface area contributed by atoms with Crippen LogP contribution in [0.2, 0.25) is 0 Å². The van der Waals surface area contributed by atoms with Crippen molar-refractivity contribution in [1.29, 1.82) is 0 Å². The highest BCUT2D eigenvalue weighted by molar-refractivity contribution is 6.00. The van der Waals surface area contributed by atoms with Gasteiger partial charge in [0.25, 0.3) is 5.91 Å². The highest BCUT2D eigenvalue weighted by atomic mass is 19.1. The monoisotopic (exact) mass is 389 g/mol. The van der Waals surface area contributed by atoms with E-state index < -0.39 is 11.7 Å². The van der Waals surface area contributed by atoms with Gasteiger partial charge < -0.3 is 19.4 Å². The van der Waals surface area contributed by atoms with Crippen molar-refractivity contribution in [2.45, 2.75) is 25.4 Å². The average Bonchev–Trinajstić information content (AvgIpc) is 3.37. The van der Waals surface area contributed by atoms with Crippen LogP contribution in [0.25, 0.3) is 0 Å². The van der Waals surface area contributed by atoms with E-state index in [1.54, 1.807) is 28.0 Å². The van der Waals surface area contributed by atoms with E-state index in [0.29, 0.717) is 32.8 Å². The second kappa shape index (κ2) is 7.87. The number of rotatable bonds is 3. The molecule has 8 heteroatoms. The Morgan fingerprint density at radius 1 is 1.04 bits per heavy atom. The Kier molecular flexibility index (Phi) is 5.30. The molecule has 0 N–H and O–H groups in total. The van der Waals surface area contributed by atoms with E-state index in [2.05, 4.69) is 0 Å². The molecule has 2 atom stereocenters. The summed E-state index contributed by atoms with van der Waals surface area (Å²) in [4.78, 5) is 42.4. The summed E-state index contributed by atoms with van der Waals surface area (Å²) in [7, 11) is 0. The highest BCUT2D eigenvalue weighted by Crippen LogP contribution is 2.28. The van der Waals surface area contributed by atoms with E-state index in [-0.39, 0.29) is 42.5 Å². The molecule has 0 bridgehead atoms. The summed E-state index contributed by atoms with van der Waals surface area (Å²) in [5, 5.41) is 0. The lowest BCUT2D eigenvalue weighted by Gasteiger charge is -2.36. The predicted molar refractivity (Wildman–Crippen MR) is 99.0 cm³/mol. The Hall–Kier alpha value is -2.48. The fourth-order valence-corrected chi connectivity index (χ4v) is 4.16. The first-order valence-corrected chi connectivity index (χ1v) is 9.78. The van der Waals surface area contributed by atoms with Gasteiger partial charge in [0.2, 0.25) is 11.8 Å². The van der Waals surface area contributed by atoms with Crippen LogP contribution in [0, 0.1) is 11.7 Å². The molecule has 4 rings (SSSR count). The summed E-state index contributed by atoms with van der Waals surface area (Å²) < 4.78 is 19.5. The van der Waals surface area contributed by atoms with E-state index in [0.717, 1.165) is 12.8 Å². The molecule has 0 aliphatic carbocycles. The first-order valence-electron chi connectivity index (χ1n) is 9.78. The average molecular weight is 389 g/mol. The molecule has 1 aromatic rings. The standard InChI is InChI=1S/C20H24FN3O4/c21-15-4-1-2-5-16(15)24-13-14(12-18(24)25)19(26)22-7-9-23(10-8-22)20(27)17-6-3-11-28-17/h1-2,4-5,14,17H,3,6-13H2. The lowest BCUT2D eigenvalue weighted by atomic mass is 10.1. The Morgan fingerprint density at radius 2 is 1.71 bits per heavy atom. The molecule has 0 radical (unpaired) electrons. The normalized spacial score (nSPS) is 25.5. The van der Waals surface area contributed by atoms with Crippen molar-refractivity contribution in [3.05, 3.63) is 30.1 Å². The van der Waals surface area contributed by atoms with E-state index in [4.69, 9.17) is 4.74 Å². The lowest BCUT2D eigenvalue weighted by Crippen LogP contribution is -2.54. The zero-order valence-electron chi connectivity index (χ0n) is 15.7. The minimum absolute atomic E-state index is 0.00590. The summed E-state index contributed by atoms with van der Waals surface area (Å²) in [6.07, 6.45) is 1.41. The largest absolute Gasteiger partial charge is 0.368 e. The number of hydrogen-bond donors (Lipinski definition) is 0. The van der Waals surface area contributed by atoms with E-state index in [9.17, 15) is 18.8 Å². The molecule has 0 aromatic heterocycles. The second-order valence-electron chi connectivity index (χ2n) is 7.51. The number of halogens is 1. The van der Waals surface area contributed by atoms with Crippen LogP contribution in [0.5, 0.6) is 0 Å². The maximum atomic E-state index is 14.0. The molecule has 7 nitrogen and oxygen atoms in total. The third-order valence-electron chi connectivity index (χ3n) is 5.73. The number of amides is 3. The molecule has 3 aliphatic rings. The van der Waals surface area contributed by atoms with Crippen molar-refractivity contribution in [3.8, 4) is 0 Å². The van der Waals surface area contributed by atoms with Crippen molar-refractivity contribution >= 4 is 23.4 Å². The zero-order chi connectivity index (χ0) is 19.7. The Bertz CT molecular complexity index is 772. The van der Waals surface area contributed by atoms with Crippen LogP contribution in [0.4, 0.5) is 10.1 Å². The van der Waals surface area contributed by atoms with Crippen LogP contribution >= 0.6 is 0 Å². The van der Waals surface area contributed by atoms with Gasteiger partial charge in [0, 0.05) is 45.8 Å². The molecular formula is C20H24FN3O4. The lowest BCUT2D eigenvalue weighted by molar-refractivity contribution is -0.147. The van der Waals surface area contributed by atoms with Crippen LogP contribution in [0.3, 0.4) is 0 Å². The third-order valence-corrected chi connectivity index (χ3v) is 5.73. The fourth-order valence-electron chi connectivity index (χ4n) is 4.16. The van der Waals surface area contributed by atoms with Crippen LogP contribution in [0.15, 0.2) is 24.3 Å². The number of carbonyl (C=O) groups excluding carboxylic acids is 3. The van der Waals surface area contributed by atoms with Gasteiger partial charge in [0.15, 0.2) is 0 Å². The van der Waals surface area contributed by atoms with Crippen molar-refractivity contribution < 1.29 is 23.5 Å². The van der Waals surface area contributed by atoms with Gasteiger partial charge in [-0.25, -0.2) is 4.39 Å². The smallest absolute Gasteiger partial charge is 0.251 e. The number of nitrogens with zero attached hydrogens (tertiary/aromatic N) is 3. The van der Waals surface area contributed by atoms with Crippen LogP contribution in [-0.2, 0) is 19.1 Å². The second-order valence-corrected chi connectivity index (χ2v) is 7.51. The Labute approximate surface area is 163 Å². The topological polar surface area (TPSA) is 70.2 Å². The van der Waals surface area contributed by atoms with Crippen molar-refractivity contribution in [3.63, 3.8) is 0 Å². The third kappa shape index (κ3) is 3.61. The van der Waals surface area contributed by atoms with Gasteiger partial charge in [-0.15, -0.1) is 0 Å². The van der Waals surface area contributed by atoms with Crippen molar-refractivity contribution in [2.24, 2.45) is 5.92 Å². The minimum Gasteiger partial charge on any atom is -0.368 e. The molecule has 0 spiro atoms. The minimum atomic E-state index is -0.479. The van der Waals surface area contributed by atoms with Crippen LogP contribution in [0.1, 0.15) is 19.3 Å². The number of anilines is 1. The molecular weight excluding hydrogens is 365 g/mol. The van der Waals surface area contributed by atoms with Gasteiger partial charge >= 0.3 is 0 Å². The van der Waals surface area contributed by atoms with E-state index in [1.807, 2.05) is 0 Å². The molecule has 3 saturated heterocycles. The number of piperazine rings is 1. The molecule has 150 valence electrons. The molecule has 2 unspecified atom stereocenters. The quantitative estimate of drug-likeness (QED) is 0.774. The maximum Gasteiger partial charge on any atom is 0.251 e. The zero-order valence-corrected chi connectivity index (χ0v) is 15.7. The Balaban J connectivity index is 1.34. The summed E-state index contributed by atoms with van der Waals surface area (Å²) in [5.74, 6) is -1.28. The van der Waals surface area contributed by atoms with E-state index in [1.165, 1.54) is 11.0 Å². The van der Waals surface area contributed by atoms with Gasteiger partial charge in [-0.2, -0.15) is 0 Å². The Morgan fingerprint density at radius 3 is 2.36 bits per heavy atom.